The minimum atomic E-state index is -0.613. The number of amides is 3. The number of halogens is 1. The third kappa shape index (κ3) is 4.12. The number of fused-ring (bicyclic) bond motifs is 1. The van der Waals surface area contributed by atoms with Crippen molar-refractivity contribution in [3.8, 4) is 0 Å². The number of piperazine rings is 1. The first-order chi connectivity index (χ1) is 15.4. The van der Waals surface area contributed by atoms with E-state index in [2.05, 4.69) is 9.80 Å². The minimum Gasteiger partial charge on any atom is -0.378 e. The molecule has 0 aromatic heterocycles. The van der Waals surface area contributed by atoms with Crippen molar-refractivity contribution in [1.29, 1.82) is 0 Å². The summed E-state index contributed by atoms with van der Waals surface area (Å²) in [5.74, 6) is 0.740. The van der Waals surface area contributed by atoms with Crippen LogP contribution in [-0.2, 0) is 9.53 Å². The van der Waals surface area contributed by atoms with E-state index in [1.807, 2.05) is 17.6 Å². The number of amidine groups is 2. The summed E-state index contributed by atoms with van der Waals surface area (Å²) in [6, 6.07) is 5.83. The Balaban J connectivity index is 1.50. The summed E-state index contributed by atoms with van der Waals surface area (Å²) < 4.78 is 21.6. The molecule has 1 atom stereocenters. The highest BCUT2D eigenvalue weighted by molar-refractivity contribution is 6.23. The smallest absolute Gasteiger partial charge is 0.333 e. The lowest BCUT2D eigenvalue weighted by atomic mass is 10.1. The molecular formula is C22H30FN6O3+. The first-order valence-corrected chi connectivity index (χ1v) is 11.0. The van der Waals surface area contributed by atoms with Crippen LogP contribution in [0.15, 0.2) is 29.3 Å². The van der Waals surface area contributed by atoms with E-state index in [1.54, 1.807) is 19.2 Å². The number of imide groups is 1. The molecule has 32 heavy (non-hydrogen) atoms. The molecule has 0 bridgehead atoms. The van der Waals surface area contributed by atoms with Gasteiger partial charge >= 0.3 is 11.9 Å². The SMILES string of the molecule is CCOCC[N+]1=C(CN2CCN(c3ccccc3F)CC2)N=C2C1C(=O)N(C)C(=O)N2C. The van der Waals surface area contributed by atoms with Crippen molar-refractivity contribution >= 4 is 29.3 Å². The zero-order valence-electron chi connectivity index (χ0n) is 18.8. The largest absolute Gasteiger partial charge is 0.378 e. The number of nitrogens with zero attached hydrogens (tertiary/aromatic N) is 6. The Bertz CT molecular complexity index is 957. The summed E-state index contributed by atoms with van der Waals surface area (Å²) in [6.45, 7) is 6.94. The van der Waals surface area contributed by atoms with Gasteiger partial charge in [0, 0.05) is 46.9 Å². The molecule has 9 nitrogen and oxygen atoms in total. The van der Waals surface area contributed by atoms with Crippen LogP contribution in [0.25, 0.3) is 0 Å². The van der Waals surface area contributed by atoms with Crippen LogP contribution in [0.5, 0.6) is 0 Å². The van der Waals surface area contributed by atoms with Crippen molar-refractivity contribution in [2.75, 3.05) is 71.5 Å². The van der Waals surface area contributed by atoms with Gasteiger partial charge in [0.2, 0.25) is 0 Å². The maximum Gasteiger partial charge on any atom is 0.333 e. The molecule has 1 aromatic carbocycles. The fraction of sp³-hybridized carbons (Fsp3) is 0.545. The van der Waals surface area contributed by atoms with Gasteiger partial charge in [-0.25, -0.2) is 13.8 Å². The number of para-hydroxylation sites is 1. The fourth-order valence-electron chi connectivity index (χ4n) is 4.40. The summed E-state index contributed by atoms with van der Waals surface area (Å²) in [7, 11) is 3.15. The van der Waals surface area contributed by atoms with Crippen molar-refractivity contribution in [3.63, 3.8) is 0 Å². The molecule has 10 heteroatoms. The second kappa shape index (κ2) is 9.33. The first-order valence-electron chi connectivity index (χ1n) is 11.0. The molecule has 3 amide bonds. The molecule has 2 saturated heterocycles. The predicted octanol–water partition coefficient (Wildman–Crippen LogP) is 0.700. The Kier molecular flexibility index (Phi) is 6.52. The van der Waals surface area contributed by atoms with Crippen molar-refractivity contribution in [2.45, 2.75) is 13.0 Å². The Hall–Kier alpha value is -2.85. The second-order valence-electron chi connectivity index (χ2n) is 8.13. The number of urea groups is 1. The number of hydrogen-bond donors (Lipinski definition) is 0. The van der Waals surface area contributed by atoms with Gasteiger partial charge in [-0.1, -0.05) is 12.1 Å². The highest BCUT2D eigenvalue weighted by Crippen LogP contribution is 2.22. The average molecular weight is 446 g/mol. The van der Waals surface area contributed by atoms with Gasteiger partial charge in [0.25, 0.3) is 17.8 Å². The first kappa shape index (κ1) is 22.3. The van der Waals surface area contributed by atoms with Crippen LogP contribution in [0.4, 0.5) is 14.9 Å². The van der Waals surface area contributed by atoms with E-state index in [1.165, 1.54) is 18.0 Å². The molecule has 1 aromatic rings. The fourth-order valence-corrected chi connectivity index (χ4v) is 4.40. The highest BCUT2D eigenvalue weighted by Gasteiger charge is 2.53. The molecular weight excluding hydrogens is 415 g/mol. The Labute approximate surface area is 187 Å². The maximum atomic E-state index is 14.1. The number of carbonyl (C=O) groups is 2. The third-order valence-corrected chi connectivity index (χ3v) is 6.22. The van der Waals surface area contributed by atoms with Crippen molar-refractivity contribution in [1.82, 2.24) is 14.7 Å². The Morgan fingerprint density at radius 3 is 2.53 bits per heavy atom. The lowest BCUT2D eigenvalue weighted by Crippen LogP contribution is -2.61. The number of hydrogen-bond acceptors (Lipinski definition) is 6. The molecule has 3 heterocycles. The summed E-state index contributed by atoms with van der Waals surface area (Å²) in [5.41, 5.74) is 0.624. The molecule has 1 unspecified atom stereocenters. The van der Waals surface area contributed by atoms with Gasteiger partial charge in [0.05, 0.1) is 12.3 Å². The highest BCUT2D eigenvalue weighted by atomic mass is 19.1. The Morgan fingerprint density at radius 1 is 1.12 bits per heavy atom. The molecule has 2 fully saturated rings. The number of benzene rings is 1. The summed E-state index contributed by atoms with van der Waals surface area (Å²) in [4.78, 5) is 36.9. The van der Waals surface area contributed by atoms with E-state index in [0.717, 1.165) is 23.8 Å². The molecule has 172 valence electrons. The van der Waals surface area contributed by atoms with E-state index in [4.69, 9.17) is 9.73 Å². The van der Waals surface area contributed by atoms with Gasteiger partial charge in [-0.05, 0) is 24.0 Å². The zero-order valence-corrected chi connectivity index (χ0v) is 18.8. The standard InChI is InChI=1S/C22H30FN6O3/c1-4-32-14-13-29-18(24-20-19(29)21(30)26(3)22(31)25(20)2)15-27-9-11-28(12-10-27)17-8-6-5-7-16(17)23/h5-8,19H,4,9-15H2,1-3H3/q+1. The van der Waals surface area contributed by atoms with Gasteiger partial charge < -0.3 is 9.64 Å². The van der Waals surface area contributed by atoms with Crippen LogP contribution >= 0.6 is 0 Å². The third-order valence-electron chi connectivity index (χ3n) is 6.22. The molecule has 0 radical (unpaired) electrons. The summed E-state index contributed by atoms with van der Waals surface area (Å²) in [6.07, 6.45) is 0. The molecule has 3 aliphatic heterocycles. The van der Waals surface area contributed by atoms with E-state index < -0.39 is 6.04 Å². The van der Waals surface area contributed by atoms with Gasteiger partial charge in [0.1, 0.15) is 18.9 Å². The minimum absolute atomic E-state index is 0.209. The lowest BCUT2D eigenvalue weighted by Gasteiger charge is -2.35. The number of carbonyl (C=O) groups excluding carboxylic acids is 2. The number of likely N-dealkylation sites (N-methyl/N-ethyl adjacent to an activating group) is 2. The normalized spacial score (nSPS) is 22.1. The monoisotopic (exact) mass is 445 g/mol. The van der Waals surface area contributed by atoms with Crippen LogP contribution in [0.1, 0.15) is 6.92 Å². The topological polar surface area (TPSA) is 71.7 Å². The number of aliphatic imine (C=N–C) groups is 1. The lowest BCUT2D eigenvalue weighted by molar-refractivity contribution is -0.539. The van der Waals surface area contributed by atoms with Crippen LogP contribution in [0, 0.1) is 5.82 Å². The maximum absolute atomic E-state index is 14.1. The summed E-state index contributed by atoms with van der Waals surface area (Å²) in [5, 5.41) is 0. The quantitative estimate of drug-likeness (QED) is 0.457. The average Bonchev–Trinajstić information content (AvgIpc) is 3.15. The number of anilines is 1. The molecule has 3 aliphatic rings. The van der Waals surface area contributed by atoms with Crippen molar-refractivity contribution < 1.29 is 23.3 Å². The summed E-state index contributed by atoms with van der Waals surface area (Å²) >= 11 is 0. The number of rotatable bonds is 7. The van der Waals surface area contributed by atoms with Crippen LogP contribution in [-0.4, -0.2) is 116 Å². The molecule has 0 saturated carbocycles. The van der Waals surface area contributed by atoms with Crippen LogP contribution < -0.4 is 4.90 Å². The van der Waals surface area contributed by atoms with Gasteiger partial charge in [-0.3, -0.25) is 19.5 Å². The van der Waals surface area contributed by atoms with Crippen LogP contribution in [0.2, 0.25) is 0 Å². The second-order valence-corrected chi connectivity index (χ2v) is 8.13. The van der Waals surface area contributed by atoms with Gasteiger partial charge in [-0.2, -0.15) is 0 Å². The molecule has 0 aliphatic carbocycles. The van der Waals surface area contributed by atoms with E-state index in [0.29, 0.717) is 50.9 Å². The predicted molar refractivity (Wildman–Crippen MR) is 119 cm³/mol. The molecule has 0 N–H and O–H groups in total. The molecule has 4 rings (SSSR count). The van der Waals surface area contributed by atoms with E-state index in [9.17, 15) is 14.0 Å². The van der Waals surface area contributed by atoms with Gasteiger partial charge in [-0.15, -0.1) is 0 Å². The van der Waals surface area contributed by atoms with E-state index in [-0.39, 0.29) is 17.8 Å². The Morgan fingerprint density at radius 2 is 1.84 bits per heavy atom. The van der Waals surface area contributed by atoms with Crippen molar-refractivity contribution in [3.05, 3.63) is 30.1 Å². The van der Waals surface area contributed by atoms with Crippen LogP contribution in [0.3, 0.4) is 0 Å². The zero-order chi connectivity index (χ0) is 22.8. The number of ether oxygens (including phenoxy) is 1. The molecule has 0 spiro atoms. The van der Waals surface area contributed by atoms with E-state index >= 15 is 0 Å². The van der Waals surface area contributed by atoms with Crippen molar-refractivity contribution in [2.24, 2.45) is 4.99 Å². The van der Waals surface area contributed by atoms with Gasteiger partial charge in [0.15, 0.2) is 0 Å².